The molecule has 0 radical (unpaired) electrons. The van der Waals surface area contributed by atoms with E-state index in [1.54, 1.807) is 6.92 Å². The molecule has 2 unspecified atom stereocenters. The van der Waals surface area contributed by atoms with Crippen LogP contribution in [0.3, 0.4) is 0 Å². The van der Waals surface area contributed by atoms with Gasteiger partial charge >= 0.3 is 0 Å². The van der Waals surface area contributed by atoms with Gasteiger partial charge in [-0.25, -0.2) is 13.4 Å². The van der Waals surface area contributed by atoms with Crippen molar-refractivity contribution in [3.05, 3.63) is 29.7 Å². The van der Waals surface area contributed by atoms with E-state index in [0.717, 1.165) is 17.5 Å². The number of oxazole rings is 1. The minimum atomic E-state index is -3.08. The van der Waals surface area contributed by atoms with Crippen molar-refractivity contribution < 1.29 is 17.9 Å². The standard InChI is InChI=1S/C16H19NO4S/c1-10-17-14-6-5-11(7-15(14)21-10)16(18)8-12-3-2-4-13(9-16)22(12,19)20/h5-7,12-13,18H,2-4,8-9H2,1H3. The summed E-state index contributed by atoms with van der Waals surface area (Å²) in [4.78, 5) is 4.26. The monoisotopic (exact) mass is 321 g/mol. The number of benzene rings is 1. The van der Waals surface area contributed by atoms with E-state index in [0.29, 0.717) is 24.3 Å². The van der Waals surface area contributed by atoms with E-state index < -0.39 is 25.9 Å². The van der Waals surface area contributed by atoms with Crippen LogP contribution >= 0.6 is 0 Å². The molecule has 1 N–H and O–H groups in total. The number of nitrogens with zero attached hydrogens (tertiary/aromatic N) is 1. The normalized spacial score (nSPS) is 33.9. The summed E-state index contributed by atoms with van der Waals surface area (Å²) >= 11 is 0. The van der Waals surface area contributed by atoms with Crippen LogP contribution in [0.5, 0.6) is 0 Å². The summed E-state index contributed by atoms with van der Waals surface area (Å²) in [5.74, 6) is 0.585. The van der Waals surface area contributed by atoms with Crippen LogP contribution in [-0.2, 0) is 15.4 Å². The Morgan fingerprint density at radius 1 is 1.27 bits per heavy atom. The summed E-state index contributed by atoms with van der Waals surface area (Å²) in [6.07, 6.45) is 2.81. The van der Waals surface area contributed by atoms with Gasteiger partial charge in [0, 0.05) is 6.92 Å². The lowest BCUT2D eigenvalue weighted by Crippen LogP contribution is -2.50. The number of aryl methyl sites for hydroxylation is 1. The molecule has 6 heteroatoms. The van der Waals surface area contributed by atoms with Crippen molar-refractivity contribution in [1.29, 1.82) is 0 Å². The molecule has 0 spiro atoms. The lowest BCUT2D eigenvalue weighted by atomic mass is 9.80. The Kier molecular flexibility index (Phi) is 2.94. The van der Waals surface area contributed by atoms with Crippen LogP contribution in [-0.4, -0.2) is 29.0 Å². The molecule has 4 rings (SSSR count). The van der Waals surface area contributed by atoms with Crippen LogP contribution in [0.1, 0.15) is 43.6 Å². The maximum absolute atomic E-state index is 12.4. The Bertz CT molecular complexity index is 819. The van der Waals surface area contributed by atoms with Gasteiger partial charge in [-0.05, 0) is 43.4 Å². The van der Waals surface area contributed by atoms with E-state index >= 15 is 0 Å². The molecule has 1 aromatic heterocycles. The molecule has 2 saturated heterocycles. The predicted molar refractivity (Wildman–Crippen MR) is 82.2 cm³/mol. The first kappa shape index (κ1) is 14.2. The largest absolute Gasteiger partial charge is 0.441 e. The number of hydrogen-bond donors (Lipinski definition) is 1. The quantitative estimate of drug-likeness (QED) is 0.872. The lowest BCUT2D eigenvalue weighted by molar-refractivity contribution is 0.00506. The zero-order valence-corrected chi connectivity index (χ0v) is 13.3. The van der Waals surface area contributed by atoms with E-state index in [9.17, 15) is 13.5 Å². The average molecular weight is 321 g/mol. The average Bonchev–Trinajstić information content (AvgIpc) is 2.79. The molecule has 118 valence electrons. The maximum Gasteiger partial charge on any atom is 0.192 e. The molecule has 5 nitrogen and oxygen atoms in total. The van der Waals surface area contributed by atoms with Gasteiger partial charge in [0.1, 0.15) is 5.52 Å². The van der Waals surface area contributed by atoms with Crippen LogP contribution in [0.4, 0.5) is 0 Å². The van der Waals surface area contributed by atoms with Crippen molar-refractivity contribution in [3.8, 4) is 0 Å². The minimum Gasteiger partial charge on any atom is -0.441 e. The third-order valence-corrected chi connectivity index (χ3v) is 7.81. The highest BCUT2D eigenvalue weighted by atomic mass is 32.2. The molecule has 2 bridgehead atoms. The van der Waals surface area contributed by atoms with Crippen LogP contribution in [0.25, 0.3) is 11.1 Å². The van der Waals surface area contributed by atoms with E-state index in [1.807, 2.05) is 18.2 Å². The summed E-state index contributed by atoms with van der Waals surface area (Å²) in [6.45, 7) is 1.78. The van der Waals surface area contributed by atoms with Gasteiger partial charge in [-0.3, -0.25) is 0 Å². The van der Waals surface area contributed by atoms with Crippen LogP contribution in [0, 0.1) is 6.92 Å². The number of fused-ring (bicyclic) bond motifs is 3. The molecule has 0 aliphatic carbocycles. The van der Waals surface area contributed by atoms with E-state index in [1.165, 1.54) is 0 Å². The summed E-state index contributed by atoms with van der Waals surface area (Å²) in [5.41, 5.74) is 1.05. The van der Waals surface area contributed by atoms with Gasteiger partial charge in [0.2, 0.25) is 0 Å². The second-order valence-corrected chi connectivity index (χ2v) is 9.13. The van der Waals surface area contributed by atoms with Gasteiger partial charge in [-0.1, -0.05) is 12.5 Å². The van der Waals surface area contributed by atoms with Crippen molar-refractivity contribution >= 4 is 20.9 Å². The number of hydrogen-bond acceptors (Lipinski definition) is 5. The van der Waals surface area contributed by atoms with Gasteiger partial charge in [-0.2, -0.15) is 0 Å². The molecule has 3 heterocycles. The Morgan fingerprint density at radius 2 is 1.95 bits per heavy atom. The third-order valence-electron chi connectivity index (χ3n) is 5.14. The molecule has 0 saturated carbocycles. The van der Waals surface area contributed by atoms with Gasteiger partial charge in [-0.15, -0.1) is 0 Å². The number of aliphatic hydroxyl groups is 1. The molecule has 2 aromatic rings. The molecule has 0 amide bonds. The fourth-order valence-corrected chi connectivity index (χ4v) is 6.56. The fraction of sp³-hybridized carbons (Fsp3) is 0.562. The van der Waals surface area contributed by atoms with Crippen LogP contribution in [0.15, 0.2) is 22.6 Å². The van der Waals surface area contributed by atoms with Crippen molar-refractivity contribution in [2.45, 2.75) is 55.1 Å². The second-order valence-electron chi connectivity index (χ2n) is 6.62. The molecule has 2 fully saturated rings. The molecule has 2 aliphatic rings. The number of sulfone groups is 1. The van der Waals surface area contributed by atoms with Crippen molar-refractivity contribution in [2.24, 2.45) is 0 Å². The minimum absolute atomic E-state index is 0.282. The summed E-state index contributed by atoms with van der Waals surface area (Å²) in [7, 11) is -3.08. The maximum atomic E-state index is 12.4. The van der Waals surface area contributed by atoms with Crippen LogP contribution < -0.4 is 0 Å². The first-order chi connectivity index (χ1) is 10.4. The first-order valence-corrected chi connectivity index (χ1v) is 9.32. The Labute approximate surface area is 129 Å². The summed E-state index contributed by atoms with van der Waals surface area (Å²) in [5, 5.41) is 10.3. The van der Waals surface area contributed by atoms with E-state index in [2.05, 4.69) is 4.98 Å². The fourth-order valence-electron chi connectivity index (χ4n) is 4.01. The molecule has 22 heavy (non-hydrogen) atoms. The molecule has 2 aliphatic heterocycles. The highest BCUT2D eigenvalue weighted by molar-refractivity contribution is 7.92. The van der Waals surface area contributed by atoms with Gasteiger partial charge in [0.25, 0.3) is 0 Å². The second kappa shape index (κ2) is 4.55. The SMILES string of the molecule is Cc1nc2ccc(C3(O)CC4CCCC(C3)S4(=O)=O)cc2o1. The number of rotatable bonds is 1. The van der Waals surface area contributed by atoms with Crippen molar-refractivity contribution in [1.82, 2.24) is 4.98 Å². The lowest BCUT2D eigenvalue weighted by Gasteiger charge is -2.44. The molecular weight excluding hydrogens is 302 g/mol. The van der Waals surface area contributed by atoms with Gasteiger partial charge in [0.05, 0.1) is 16.1 Å². The Hall–Kier alpha value is -1.40. The molecule has 1 aromatic carbocycles. The van der Waals surface area contributed by atoms with E-state index in [4.69, 9.17) is 4.42 Å². The van der Waals surface area contributed by atoms with Crippen molar-refractivity contribution in [3.63, 3.8) is 0 Å². The molecular formula is C16H19NO4S. The highest BCUT2D eigenvalue weighted by Crippen LogP contribution is 2.46. The Balaban J connectivity index is 1.77. The zero-order chi connectivity index (χ0) is 15.5. The topological polar surface area (TPSA) is 80.4 Å². The van der Waals surface area contributed by atoms with Crippen LogP contribution in [0.2, 0.25) is 0 Å². The highest BCUT2D eigenvalue weighted by Gasteiger charge is 2.51. The summed E-state index contributed by atoms with van der Waals surface area (Å²) in [6, 6.07) is 5.49. The number of aromatic nitrogens is 1. The first-order valence-electron chi connectivity index (χ1n) is 7.71. The van der Waals surface area contributed by atoms with Crippen molar-refractivity contribution in [2.75, 3.05) is 0 Å². The third kappa shape index (κ3) is 2.01. The summed E-state index contributed by atoms with van der Waals surface area (Å²) < 4.78 is 30.3. The van der Waals surface area contributed by atoms with Gasteiger partial charge in [0.15, 0.2) is 21.3 Å². The Morgan fingerprint density at radius 3 is 2.64 bits per heavy atom. The molecule has 2 atom stereocenters. The van der Waals surface area contributed by atoms with E-state index in [-0.39, 0.29) is 12.8 Å². The zero-order valence-electron chi connectivity index (χ0n) is 12.4. The smallest absolute Gasteiger partial charge is 0.192 e. The predicted octanol–water partition coefficient (Wildman–Crippen LogP) is 2.45. The van der Waals surface area contributed by atoms with Gasteiger partial charge < -0.3 is 9.52 Å².